The highest BCUT2D eigenvalue weighted by Gasteiger charge is 2.20. The molecule has 2 unspecified atom stereocenters. The first-order valence-corrected chi connectivity index (χ1v) is 16.8. The van der Waals surface area contributed by atoms with E-state index in [0.29, 0.717) is 0 Å². The Bertz CT molecular complexity index is 225. The van der Waals surface area contributed by atoms with Crippen molar-refractivity contribution in [3.05, 3.63) is 0 Å². The van der Waals surface area contributed by atoms with Crippen LogP contribution >= 0.6 is 44.2 Å². The SMILES string of the molecule is CCCP(Br)C1CCCCC1.CCCP(Br)C1CCCCC1. The largest absolute Gasteiger partial charge is 0.0650 e. The van der Waals surface area contributed by atoms with Gasteiger partial charge in [-0.05, 0) is 62.6 Å². The predicted octanol–water partition coefficient (Wildman–Crippen LogP) is 9.04. The number of hydrogen-bond donors (Lipinski definition) is 0. The third-order valence-electron chi connectivity index (χ3n) is 4.82. The minimum absolute atomic E-state index is 0.214. The minimum Gasteiger partial charge on any atom is -0.0650 e. The Morgan fingerprint density at radius 1 is 0.636 bits per heavy atom. The minimum atomic E-state index is 0.214. The molecule has 2 aliphatic rings. The predicted molar refractivity (Wildman–Crippen MR) is 116 cm³/mol. The highest BCUT2D eigenvalue weighted by molar-refractivity contribution is 9.39. The summed E-state index contributed by atoms with van der Waals surface area (Å²) in [4.78, 5) is 0. The van der Waals surface area contributed by atoms with E-state index in [9.17, 15) is 0 Å². The van der Waals surface area contributed by atoms with E-state index in [1.54, 1.807) is 0 Å². The lowest BCUT2D eigenvalue weighted by Crippen LogP contribution is -2.09. The molecule has 4 heteroatoms. The van der Waals surface area contributed by atoms with Gasteiger partial charge in [-0.2, -0.15) is 0 Å². The first kappa shape index (κ1) is 21.9. The standard InChI is InChI=1S/2C9H18BrP/c2*1-2-8-11(10)9-6-4-3-5-7-9/h2*9H,2-8H2,1H3. The van der Waals surface area contributed by atoms with Gasteiger partial charge in [0.05, 0.1) is 0 Å². The van der Waals surface area contributed by atoms with Crippen LogP contribution in [0.15, 0.2) is 0 Å². The maximum absolute atomic E-state index is 3.86. The van der Waals surface area contributed by atoms with Crippen molar-refractivity contribution in [3.8, 4) is 0 Å². The lowest BCUT2D eigenvalue weighted by molar-refractivity contribution is 0.512. The van der Waals surface area contributed by atoms with Crippen molar-refractivity contribution in [1.82, 2.24) is 0 Å². The summed E-state index contributed by atoms with van der Waals surface area (Å²) in [5.41, 5.74) is 2.11. The van der Waals surface area contributed by atoms with Crippen LogP contribution in [0.3, 0.4) is 0 Å². The molecule has 0 spiro atoms. The van der Waals surface area contributed by atoms with Crippen LogP contribution in [0.4, 0.5) is 0 Å². The van der Waals surface area contributed by atoms with Gasteiger partial charge >= 0.3 is 0 Å². The van der Waals surface area contributed by atoms with Crippen LogP contribution in [0.2, 0.25) is 0 Å². The van der Waals surface area contributed by atoms with E-state index in [-0.39, 0.29) is 13.2 Å². The molecule has 0 aliphatic heterocycles. The Labute approximate surface area is 158 Å². The fourth-order valence-electron chi connectivity index (χ4n) is 3.51. The van der Waals surface area contributed by atoms with Crippen molar-refractivity contribution >= 4 is 44.2 Å². The average Bonchev–Trinajstić information content (AvgIpc) is 2.57. The molecular weight excluding hydrogens is 438 g/mol. The zero-order valence-electron chi connectivity index (χ0n) is 14.7. The molecule has 2 fully saturated rings. The molecule has 0 amide bonds. The van der Waals surface area contributed by atoms with Gasteiger partial charge < -0.3 is 0 Å². The van der Waals surface area contributed by atoms with Crippen LogP contribution in [0.25, 0.3) is 0 Å². The quantitative estimate of drug-likeness (QED) is 0.337. The first-order chi connectivity index (χ1) is 10.7. The lowest BCUT2D eigenvalue weighted by atomic mass is 10.0. The summed E-state index contributed by atoms with van der Waals surface area (Å²) in [6, 6.07) is 0. The van der Waals surface area contributed by atoms with Gasteiger partial charge in [-0.15, -0.1) is 0 Å². The van der Waals surface area contributed by atoms with Gasteiger partial charge in [0.2, 0.25) is 0 Å². The molecule has 0 N–H and O–H groups in total. The summed E-state index contributed by atoms with van der Waals surface area (Å²) < 4.78 is 0. The Hall–Kier alpha value is 1.82. The van der Waals surface area contributed by atoms with E-state index in [4.69, 9.17) is 0 Å². The van der Waals surface area contributed by atoms with E-state index in [1.165, 1.54) is 89.4 Å². The summed E-state index contributed by atoms with van der Waals surface area (Å²) >= 11 is 7.73. The molecule has 0 saturated heterocycles. The summed E-state index contributed by atoms with van der Waals surface area (Å²) in [5.74, 6) is 0. The second-order valence-electron chi connectivity index (χ2n) is 6.83. The fraction of sp³-hybridized carbons (Fsp3) is 1.00. The van der Waals surface area contributed by atoms with E-state index >= 15 is 0 Å². The summed E-state index contributed by atoms with van der Waals surface area (Å²) in [6.07, 6.45) is 20.5. The monoisotopic (exact) mass is 472 g/mol. The van der Waals surface area contributed by atoms with Crippen LogP contribution in [0, 0.1) is 0 Å². The highest BCUT2D eigenvalue weighted by atomic mass is 79.9. The van der Waals surface area contributed by atoms with Crippen LogP contribution in [0.1, 0.15) is 90.9 Å². The van der Waals surface area contributed by atoms with Crippen LogP contribution < -0.4 is 0 Å². The van der Waals surface area contributed by atoms with Crippen molar-refractivity contribution < 1.29 is 0 Å². The molecule has 2 aliphatic carbocycles. The first-order valence-electron chi connectivity index (χ1n) is 9.53. The zero-order valence-corrected chi connectivity index (χ0v) is 19.7. The molecule has 0 radical (unpaired) electrons. The van der Waals surface area contributed by atoms with Crippen LogP contribution in [0.5, 0.6) is 0 Å². The smallest absolute Gasteiger partial charge is 0.0111 e. The molecule has 0 aromatic carbocycles. The van der Waals surface area contributed by atoms with Gasteiger partial charge in [-0.3, -0.25) is 0 Å². The topological polar surface area (TPSA) is 0 Å². The molecule has 22 heavy (non-hydrogen) atoms. The molecule has 2 atom stereocenters. The van der Waals surface area contributed by atoms with Crippen LogP contribution in [-0.2, 0) is 0 Å². The molecular formula is C18H36Br2P2. The molecule has 2 saturated carbocycles. The Kier molecular flexibility index (Phi) is 14.0. The van der Waals surface area contributed by atoms with Crippen molar-refractivity contribution in [3.63, 3.8) is 0 Å². The summed E-state index contributed by atoms with van der Waals surface area (Å²) in [7, 11) is 0. The third kappa shape index (κ3) is 9.34. The van der Waals surface area contributed by atoms with Crippen LogP contribution in [-0.4, -0.2) is 23.6 Å². The normalized spacial score (nSPS) is 23.5. The van der Waals surface area contributed by atoms with Gasteiger partial charge in [-0.25, -0.2) is 0 Å². The van der Waals surface area contributed by atoms with E-state index < -0.39 is 0 Å². The van der Waals surface area contributed by atoms with Crippen molar-refractivity contribution in [2.45, 2.75) is 102 Å². The van der Waals surface area contributed by atoms with E-state index in [2.05, 4.69) is 44.8 Å². The van der Waals surface area contributed by atoms with Gasteiger partial charge in [0.1, 0.15) is 0 Å². The number of hydrogen-bond acceptors (Lipinski definition) is 0. The molecule has 132 valence electrons. The Morgan fingerprint density at radius 3 is 1.23 bits per heavy atom. The molecule has 0 aromatic rings. The van der Waals surface area contributed by atoms with Gasteiger partial charge in [0, 0.05) is 0 Å². The average molecular weight is 474 g/mol. The van der Waals surface area contributed by atoms with Gasteiger partial charge in [0.15, 0.2) is 0 Å². The van der Waals surface area contributed by atoms with Gasteiger partial charge in [-0.1, -0.05) is 96.2 Å². The lowest BCUT2D eigenvalue weighted by Gasteiger charge is -2.26. The van der Waals surface area contributed by atoms with Gasteiger partial charge in [0.25, 0.3) is 0 Å². The van der Waals surface area contributed by atoms with E-state index in [0.717, 1.165) is 11.3 Å². The molecule has 0 bridgehead atoms. The number of halogens is 2. The molecule has 0 aromatic heterocycles. The van der Waals surface area contributed by atoms with Crippen molar-refractivity contribution in [2.75, 3.05) is 12.3 Å². The molecule has 2 rings (SSSR count). The third-order valence-corrected chi connectivity index (χ3v) is 14.8. The number of rotatable bonds is 6. The zero-order chi connectivity index (χ0) is 16.2. The highest BCUT2D eigenvalue weighted by Crippen LogP contribution is 2.54. The Morgan fingerprint density at radius 2 is 0.955 bits per heavy atom. The molecule has 0 nitrogen and oxygen atoms in total. The Balaban J connectivity index is 0.000000220. The van der Waals surface area contributed by atoms with Crippen molar-refractivity contribution in [1.29, 1.82) is 0 Å². The second-order valence-corrected chi connectivity index (χ2v) is 16.3. The van der Waals surface area contributed by atoms with Crippen molar-refractivity contribution in [2.24, 2.45) is 0 Å². The second kappa shape index (κ2) is 14.0. The molecule has 0 heterocycles. The summed E-state index contributed by atoms with van der Waals surface area (Å²) in [5, 5.41) is 0. The fourth-order valence-corrected chi connectivity index (χ4v) is 11.5. The maximum Gasteiger partial charge on any atom is -0.0111 e. The maximum atomic E-state index is 3.86. The summed E-state index contributed by atoms with van der Waals surface area (Å²) in [6.45, 7) is 5.01. The van der Waals surface area contributed by atoms with E-state index in [1.807, 2.05) is 0 Å².